The zero-order valence-electron chi connectivity index (χ0n) is 14.6. The van der Waals surface area contributed by atoms with Gasteiger partial charge in [0.25, 0.3) is 5.91 Å². The second-order valence-electron chi connectivity index (χ2n) is 6.53. The Bertz CT molecular complexity index is 653. The van der Waals surface area contributed by atoms with Crippen LogP contribution in [-0.2, 0) is 6.61 Å². The van der Waals surface area contributed by atoms with Crippen molar-refractivity contribution in [3.8, 4) is 5.75 Å². The zero-order valence-corrected chi connectivity index (χ0v) is 14.6. The van der Waals surface area contributed by atoms with Crippen molar-refractivity contribution >= 4 is 5.91 Å². The molecule has 24 heavy (non-hydrogen) atoms. The van der Waals surface area contributed by atoms with Gasteiger partial charge >= 0.3 is 0 Å². The molecule has 128 valence electrons. The van der Waals surface area contributed by atoms with Crippen LogP contribution in [0, 0.1) is 5.92 Å². The van der Waals surface area contributed by atoms with Gasteiger partial charge in [-0.1, -0.05) is 44.2 Å². The lowest BCUT2D eigenvalue weighted by Crippen LogP contribution is -2.55. The molecule has 1 amide bonds. The third kappa shape index (κ3) is 4.59. The highest BCUT2D eigenvalue weighted by Gasteiger charge is 2.28. The molecule has 0 radical (unpaired) electrons. The molecule has 1 unspecified atom stereocenters. The first-order valence-corrected chi connectivity index (χ1v) is 8.24. The van der Waals surface area contributed by atoms with E-state index in [0.29, 0.717) is 18.7 Å². The summed E-state index contributed by atoms with van der Waals surface area (Å²) in [5.74, 6) is 0.868. The summed E-state index contributed by atoms with van der Waals surface area (Å²) < 4.78 is 5.74. The Kier molecular flexibility index (Phi) is 5.99. The van der Waals surface area contributed by atoms with Crippen molar-refractivity contribution in [1.29, 1.82) is 0 Å². The molecule has 2 aromatic rings. The van der Waals surface area contributed by atoms with Crippen molar-refractivity contribution in [2.24, 2.45) is 11.7 Å². The standard InChI is InChI=1S/C20H26N2O2/c1-15(2)20(3,14-21)22-19(23)17-9-11-18(12-10-17)24-13-16-7-5-4-6-8-16/h4-12,15H,13-14,21H2,1-3H3,(H,22,23). The lowest BCUT2D eigenvalue weighted by molar-refractivity contribution is 0.0883. The molecule has 0 fully saturated rings. The molecule has 2 aromatic carbocycles. The topological polar surface area (TPSA) is 64.3 Å². The summed E-state index contributed by atoms with van der Waals surface area (Å²) in [5.41, 5.74) is 7.11. The normalized spacial score (nSPS) is 13.4. The van der Waals surface area contributed by atoms with E-state index in [4.69, 9.17) is 10.5 Å². The fourth-order valence-electron chi connectivity index (χ4n) is 2.21. The van der Waals surface area contributed by atoms with Crippen molar-refractivity contribution in [2.75, 3.05) is 6.54 Å². The first-order chi connectivity index (χ1) is 11.4. The molecule has 2 rings (SSSR count). The molecule has 0 aliphatic carbocycles. The monoisotopic (exact) mass is 326 g/mol. The summed E-state index contributed by atoms with van der Waals surface area (Å²) in [4.78, 5) is 12.4. The van der Waals surface area contributed by atoms with Crippen molar-refractivity contribution in [2.45, 2.75) is 32.9 Å². The van der Waals surface area contributed by atoms with Gasteiger partial charge in [-0.05, 0) is 42.7 Å². The second kappa shape index (κ2) is 7.97. The highest BCUT2D eigenvalue weighted by Crippen LogP contribution is 2.18. The number of carbonyl (C=O) groups excluding carboxylic acids is 1. The van der Waals surface area contributed by atoms with Gasteiger partial charge in [0.05, 0.1) is 5.54 Å². The molecule has 4 nitrogen and oxygen atoms in total. The van der Waals surface area contributed by atoms with Crippen LogP contribution >= 0.6 is 0 Å². The van der Waals surface area contributed by atoms with E-state index in [1.54, 1.807) is 12.1 Å². The molecule has 0 heterocycles. The van der Waals surface area contributed by atoms with Crippen LogP contribution in [0.2, 0.25) is 0 Å². The SMILES string of the molecule is CC(C)C(C)(CN)NC(=O)c1ccc(OCc2ccccc2)cc1. The van der Waals surface area contributed by atoms with Gasteiger partial charge in [0.2, 0.25) is 0 Å². The molecule has 0 aliphatic heterocycles. The van der Waals surface area contributed by atoms with E-state index < -0.39 is 5.54 Å². The molecule has 0 saturated heterocycles. The second-order valence-corrected chi connectivity index (χ2v) is 6.53. The van der Waals surface area contributed by atoms with Crippen molar-refractivity contribution in [1.82, 2.24) is 5.32 Å². The Balaban J connectivity index is 1.97. The third-order valence-electron chi connectivity index (χ3n) is 4.46. The van der Waals surface area contributed by atoms with Crippen LogP contribution in [-0.4, -0.2) is 18.0 Å². The van der Waals surface area contributed by atoms with Gasteiger partial charge in [0.15, 0.2) is 0 Å². The van der Waals surface area contributed by atoms with Crippen LogP contribution in [0.25, 0.3) is 0 Å². The highest BCUT2D eigenvalue weighted by molar-refractivity contribution is 5.94. The van der Waals surface area contributed by atoms with Gasteiger partial charge in [0, 0.05) is 12.1 Å². The number of nitrogens with two attached hydrogens (primary N) is 1. The maximum Gasteiger partial charge on any atom is 0.251 e. The number of rotatable bonds is 7. The maximum atomic E-state index is 12.4. The number of hydrogen-bond donors (Lipinski definition) is 2. The van der Waals surface area contributed by atoms with Crippen LogP contribution in [0.3, 0.4) is 0 Å². The smallest absolute Gasteiger partial charge is 0.251 e. The fourth-order valence-corrected chi connectivity index (χ4v) is 2.21. The van der Waals surface area contributed by atoms with Gasteiger partial charge < -0.3 is 15.8 Å². The predicted molar refractivity (Wildman–Crippen MR) is 97.0 cm³/mol. The minimum Gasteiger partial charge on any atom is -0.489 e. The van der Waals surface area contributed by atoms with Gasteiger partial charge in [0.1, 0.15) is 12.4 Å². The van der Waals surface area contributed by atoms with Crippen LogP contribution in [0.15, 0.2) is 54.6 Å². The largest absolute Gasteiger partial charge is 0.489 e. The Morgan fingerprint density at radius 2 is 1.75 bits per heavy atom. The minimum absolute atomic E-state index is 0.119. The number of hydrogen-bond acceptors (Lipinski definition) is 3. The summed E-state index contributed by atoms with van der Waals surface area (Å²) in [6.45, 7) is 6.97. The molecule has 0 saturated carbocycles. The predicted octanol–water partition coefficient (Wildman–Crippen LogP) is 3.37. The van der Waals surface area contributed by atoms with Crippen LogP contribution < -0.4 is 15.8 Å². The van der Waals surface area contributed by atoms with E-state index in [0.717, 1.165) is 11.3 Å². The Morgan fingerprint density at radius 3 is 2.29 bits per heavy atom. The van der Waals surface area contributed by atoms with Crippen LogP contribution in [0.4, 0.5) is 0 Å². The Labute approximate surface area is 144 Å². The van der Waals surface area contributed by atoms with Crippen LogP contribution in [0.1, 0.15) is 36.7 Å². The van der Waals surface area contributed by atoms with E-state index in [1.807, 2.05) is 63.2 Å². The zero-order chi connectivity index (χ0) is 17.6. The van der Waals surface area contributed by atoms with Crippen molar-refractivity contribution in [3.63, 3.8) is 0 Å². The Morgan fingerprint density at radius 1 is 1.12 bits per heavy atom. The van der Waals surface area contributed by atoms with E-state index >= 15 is 0 Å². The average molecular weight is 326 g/mol. The number of nitrogens with one attached hydrogen (secondary N) is 1. The van der Waals surface area contributed by atoms with E-state index in [-0.39, 0.29) is 11.8 Å². The highest BCUT2D eigenvalue weighted by atomic mass is 16.5. The number of ether oxygens (including phenoxy) is 1. The first-order valence-electron chi connectivity index (χ1n) is 8.24. The molecular weight excluding hydrogens is 300 g/mol. The summed E-state index contributed by atoms with van der Waals surface area (Å²) in [6, 6.07) is 17.1. The summed E-state index contributed by atoms with van der Waals surface area (Å²) in [5, 5.41) is 3.03. The van der Waals surface area contributed by atoms with Gasteiger partial charge in [-0.15, -0.1) is 0 Å². The summed E-state index contributed by atoms with van der Waals surface area (Å²) >= 11 is 0. The summed E-state index contributed by atoms with van der Waals surface area (Å²) in [7, 11) is 0. The molecule has 0 aliphatic rings. The molecule has 3 N–H and O–H groups in total. The lowest BCUT2D eigenvalue weighted by atomic mass is 9.88. The molecule has 4 heteroatoms. The van der Waals surface area contributed by atoms with Crippen LogP contribution in [0.5, 0.6) is 5.75 Å². The Hall–Kier alpha value is -2.33. The number of benzene rings is 2. The molecule has 1 atom stereocenters. The molecular formula is C20H26N2O2. The van der Waals surface area contributed by atoms with Crippen molar-refractivity contribution in [3.05, 3.63) is 65.7 Å². The number of carbonyl (C=O) groups is 1. The van der Waals surface area contributed by atoms with Gasteiger partial charge in [-0.3, -0.25) is 4.79 Å². The van der Waals surface area contributed by atoms with Gasteiger partial charge in [-0.2, -0.15) is 0 Å². The molecule has 0 aromatic heterocycles. The average Bonchev–Trinajstić information content (AvgIpc) is 2.61. The summed E-state index contributed by atoms with van der Waals surface area (Å²) in [6.07, 6.45) is 0. The third-order valence-corrected chi connectivity index (χ3v) is 4.46. The fraction of sp³-hybridized carbons (Fsp3) is 0.350. The minimum atomic E-state index is -0.417. The quantitative estimate of drug-likeness (QED) is 0.820. The van der Waals surface area contributed by atoms with Crippen molar-refractivity contribution < 1.29 is 9.53 Å². The number of amides is 1. The van der Waals surface area contributed by atoms with Gasteiger partial charge in [-0.25, -0.2) is 0 Å². The first kappa shape index (κ1) is 18.0. The van der Waals surface area contributed by atoms with E-state index in [2.05, 4.69) is 5.32 Å². The lowest BCUT2D eigenvalue weighted by Gasteiger charge is -2.33. The molecule has 0 spiro atoms. The molecule has 0 bridgehead atoms. The van der Waals surface area contributed by atoms with E-state index in [9.17, 15) is 4.79 Å². The maximum absolute atomic E-state index is 12.4. The van der Waals surface area contributed by atoms with E-state index in [1.165, 1.54) is 0 Å².